The third kappa shape index (κ3) is 23.3. The van der Waals surface area contributed by atoms with E-state index in [0.717, 1.165) is 153 Å². The number of alkyl halides is 8. The predicted molar refractivity (Wildman–Crippen MR) is 391 cm³/mol. The maximum absolute atomic E-state index is 14.5. The summed E-state index contributed by atoms with van der Waals surface area (Å²) in [6, 6.07) is 40.3. The summed E-state index contributed by atoms with van der Waals surface area (Å²) in [5, 5.41) is 0. The molecule has 0 fully saturated rings. The number of hydrogen-bond donors (Lipinski definition) is 0. The molecule has 0 amide bonds. The lowest BCUT2D eigenvalue weighted by molar-refractivity contribution is -0.190. The molecule has 0 aliphatic heterocycles. The summed E-state index contributed by atoms with van der Waals surface area (Å²) in [5.74, 6) is -26.1. The molecule has 0 unspecified atom stereocenters. The van der Waals surface area contributed by atoms with Crippen molar-refractivity contribution >= 4 is 0 Å². The van der Waals surface area contributed by atoms with Crippen molar-refractivity contribution < 1.29 is 124 Å². The highest BCUT2D eigenvalue weighted by atomic mass is 19.3. The summed E-state index contributed by atoms with van der Waals surface area (Å²) in [7, 11) is 0. The number of unbranched alkanes of at least 4 members (excludes halogenated alkanes) is 3. The van der Waals surface area contributed by atoms with E-state index in [0.29, 0.717) is 70.8 Å². The van der Waals surface area contributed by atoms with Crippen molar-refractivity contribution in [3.63, 3.8) is 0 Å². The van der Waals surface area contributed by atoms with Gasteiger partial charge in [0.15, 0.2) is 46.5 Å². The second-order valence-electron chi connectivity index (χ2n) is 26.3. The summed E-state index contributed by atoms with van der Waals surface area (Å²) in [6.07, 6.45) is -9.00. The van der Waals surface area contributed by atoms with Gasteiger partial charge in [-0.15, -0.1) is 0 Å². The zero-order valence-corrected chi connectivity index (χ0v) is 61.9. The molecule has 0 aliphatic rings. The van der Waals surface area contributed by atoms with E-state index in [4.69, 9.17) is 0 Å². The summed E-state index contributed by atoms with van der Waals surface area (Å²) < 4.78 is 352. The van der Waals surface area contributed by atoms with Crippen molar-refractivity contribution in [2.45, 2.75) is 110 Å². The molecule has 0 spiro atoms. The van der Waals surface area contributed by atoms with Gasteiger partial charge in [0.25, 0.3) is 0 Å². The van der Waals surface area contributed by atoms with Crippen molar-refractivity contribution in [3.8, 4) is 67.5 Å². The molecule has 12 aromatic carbocycles. The second-order valence-corrected chi connectivity index (χ2v) is 26.3. The Bertz CT molecular complexity index is 5320. The van der Waals surface area contributed by atoms with Crippen molar-refractivity contribution in [1.29, 1.82) is 0 Å². The number of rotatable bonds is 25. The quantitative estimate of drug-likeness (QED) is 0.0422. The Morgan fingerprint density at radius 1 is 0.205 bits per heavy atom. The van der Waals surface area contributed by atoms with Crippen LogP contribution in [0.25, 0.3) is 44.5 Å². The van der Waals surface area contributed by atoms with E-state index in [1.807, 2.05) is 38.1 Å². The molecular weight excluding hydrogens is 1590 g/mol. The minimum atomic E-state index is -4.44. The standard InChI is InChI=1S/C24H20F6O.C23H18F6O.C22H16F6O.C20H12F6O/c1-2-3-4-5-15-6-8-16(9-7-15)17-12-21(27)23(22(28)13-17)24(29,30)31-18-10-11-19(25)20(26)14-18;1-2-3-4-14-5-7-15(8-6-14)16-11-20(26)22(21(27)12-16)23(28,29)30-17-9-10-18(24)19(25)13-17;1-2-3-13-4-6-14(7-5-13)15-10-19(25)21(20(26)11-15)22(27,28)29-16-8-9-17(23)18(24)12-16;1-11-2-4-12(5-3-11)13-8-17(23)19(18(24)9-13)20(25,26)27-14-6-7-15(21)16(22)10-14/h6-14H,2-5H2,1H3;5-13H,2-4H2,1H3;4-12H,2-3H2,1H3;2-10H,1H3. The fourth-order valence-electron chi connectivity index (χ4n) is 11.6. The highest BCUT2D eigenvalue weighted by Crippen LogP contribution is 2.43. The molecule has 0 radical (unpaired) electrons. The van der Waals surface area contributed by atoms with Gasteiger partial charge in [0.1, 0.15) is 91.8 Å². The summed E-state index contributed by atoms with van der Waals surface area (Å²) in [5.41, 5.74) is -0.236. The monoisotopic (exact) mass is 1650 g/mol. The molecular formula is C89H66F24O4. The molecule has 117 heavy (non-hydrogen) atoms. The molecule has 12 aromatic rings. The first kappa shape index (κ1) is 89.1. The van der Waals surface area contributed by atoms with Gasteiger partial charge >= 0.3 is 24.4 Å². The van der Waals surface area contributed by atoms with Gasteiger partial charge in [-0.05, 0) is 197 Å². The maximum Gasteiger partial charge on any atom is 0.432 e. The van der Waals surface area contributed by atoms with Crippen LogP contribution in [0.3, 0.4) is 0 Å². The minimum Gasteiger partial charge on any atom is -0.429 e. The number of halogens is 24. The van der Waals surface area contributed by atoms with Crippen LogP contribution in [0.5, 0.6) is 23.0 Å². The molecule has 0 aliphatic carbocycles. The first-order valence-electron chi connectivity index (χ1n) is 35.7. The smallest absolute Gasteiger partial charge is 0.429 e. The fourth-order valence-corrected chi connectivity index (χ4v) is 11.6. The third-order valence-corrected chi connectivity index (χ3v) is 17.6. The zero-order valence-electron chi connectivity index (χ0n) is 61.9. The van der Waals surface area contributed by atoms with Gasteiger partial charge in [-0.1, -0.05) is 149 Å². The number of hydrogen-bond acceptors (Lipinski definition) is 4. The normalized spacial score (nSPS) is 11.6. The highest BCUT2D eigenvalue weighted by molar-refractivity contribution is 5.68. The summed E-state index contributed by atoms with van der Waals surface area (Å²) >= 11 is 0. The SMILES string of the molecule is CCCCCc1ccc(-c2cc(F)c(C(F)(F)Oc3ccc(F)c(F)c3)c(F)c2)cc1.CCCCc1ccc(-c2cc(F)c(C(F)(F)Oc3ccc(F)c(F)c3)c(F)c2)cc1.CCCc1ccc(-c2cc(F)c(C(F)(F)Oc3ccc(F)c(F)c3)c(F)c2)cc1.Cc1ccc(-c2cc(F)c(C(F)(F)Oc3ccc(F)c(F)c3)c(F)c2)cc1. The van der Waals surface area contributed by atoms with Crippen LogP contribution in [-0.4, -0.2) is 0 Å². The van der Waals surface area contributed by atoms with Crippen molar-refractivity contribution in [1.82, 2.24) is 0 Å². The van der Waals surface area contributed by atoms with E-state index < -0.39 is 163 Å². The Kier molecular flexibility index (Phi) is 29.5. The molecule has 0 aromatic heterocycles. The molecule has 0 saturated carbocycles. The van der Waals surface area contributed by atoms with E-state index in [1.54, 1.807) is 72.8 Å². The number of aryl methyl sites for hydroxylation is 4. The maximum atomic E-state index is 14.5. The van der Waals surface area contributed by atoms with Gasteiger partial charge in [0, 0.05) is 24.3 Å². The van der Waals surface area contributed by atoms with Crippen molar-refractivity contribution in [2.24, 2.45) is 0 Å². The molecule has 0 heterocycles. The van der Waals surface area contributed by atoms with E-state index in [-0.39, 0.29) is 22.3 Å². The molecule has 0 bridgehead atoms. The van der Waals surface area contributed by atoms with Crippen LogP contribution in [0.4, 0.5) is 105 Å². The molecule has 28 heteroatoms. The van der Waals surface area contributed by atoms with Gasteiger partial charge in [0.2, 0.25) is 0 Å². The van der Waals surface area contributed by atoms with Crippen LogP contribution in [0, 0.1) is 100.0 Å². The Balaban J connectivity index is 0.000000178. The van der Waals surface area contributed by atoms with Crippen LogP contribution in [0.15, 0.2) is 218 Å². The lowest BCUT2D eigenvalue weighted by atomic mass is 9.99. The highest BCUT2D eigenvalue weighted by Gasteiger charge is 2.45. The van der Waals surface area contributed by atoms with Crippen LogP contribution >= 0.6 is 0 Å². The zero-order chi connectivity index (χ0) is 85.4. The van der Waals surface area contributed by atoms with E-state index in [9.17, 15) is 105 Å². The number of ether oxygens (including phenoxy) is 4. The Morgan fingerprint density at radius 2 is 0.419 bits per heavy atom. The molecule has 0 atom stereocenters. The second kappa shape index (κ2) is 38.7. The van der Waals surface area contributed by atoms with Gasteiger partial charge in [-0.25, -0.2) is 70.2 Å². The largest absolute Gasteiger partial charge is 0.432 e. The van der Waals surface area contributed by atoms with Gasteiger partial charge in [-0.3, -0.25) is 0 Å². The number of benzene rings is 12. The molecule has 614 valence electrons. The van der Waals surface area contributed by atoms with Crippen molar-refractivity contribution in [3.05, 3.63) is 356 Å². The predicted octanol–water partition coefficient (Wildman–Crippen LogP) is 28.5. The van der Waals surface area contributed by atoms with Crippen LogP contribution in [-0.2, 0) is 43.7 Å². The van der Waals surface area contributed by atoms with Gasteiger partial charge < -0.3 is 18.9 Å². The lowest BCUT2D eigenvalue weighted by Gasteiger charge is -2.20. The van der Waals surface area contributed by atoms with Crippen LogP contribution in [0.2, 0.25) is 0 Å². The van der Waals surface area contributed by atoms with E-state index in [1.165, 1.54) is 0 Å². The third-order valence-electron chi connectivity index (χ3n) is 17.6. The summed E-state index contributed by atoms with van der Waals surface area (Å²) in [4.78, 5) is 0. The molecule has 0 N–H and O–H groups in total. The van der Waals surface area contributed by atoms with Crippen LogP contribution in [0.1, 0.15) is 104 Å². The van der Waals surface area contributed by atoms with E-state index >= 15 is 0 Å². The lowest BCUT2D eigenvalue weighted by Crippen LogP contribution is -2.25. The Morgan fingerprint density at radius 3 is 0.632 bits per heavy atom. The van der Waals surface area contributed by atoms with Crippen LogP contribution < -0.4 is 18.9 Å². The first-order valence-corrected chi connectivity index (χ1v) is 35.7. The molecule has 4 nitrogen and oxygen atoms in total. The Hall–Kier alpha value is -11.8. The van der Waals surface area contributed by atoms with Crippen molar-refractivity contribution in [2.75, 3.05) is 0 Å². The first-order chi connectivity index (χ1) is 55.3. The fraction of sp³-hybridized carbons (Fsp3) is 0.191. The van der Waals surface area contributed by atoms with Gasteiger partial charge in [-0.2, -0.15) is 35.1 Å². The molecule has 12 rings (SSSR count). The topological polar surface area (TPSA) is 36.9 Å². The minimum absolute atomic E-state index is 0.0670. The summed E-state index contributed by atoms with van der Waals surface area (Å²) in [6.45, 7) is 8.00. The average molecular weight is 1660 g/mol. The average Bonchev–Trinajstić information content (AvgIpc) is 0.794. The Labute approximate surface area is 655 Å². The molecule has 0 saturated heterocycles. The van der Waals surface area contributed by atoms with Gasteiger partial charge in [0.05, 0.1) is 0 Å². The van der Waals surface area contributed by atoms with E-state index in [2.05, 4.69) is 32.8 Å².